The number of halogens is 2. The van der Waals surface area contributed by atoms with E-state index in [0.29, 0.717) is 16.5 Å². The molecule has 0 saturated heterocycles. The Morgan fingerprint density at radius 3 is 2.76 bits per heavy atom. The summed E-state index contributed by atoms with van der Waals surface area (Å²) in [5, 5.41) is 17.3. The molecule has 5 heteroatoms. The molecule has 17 heavy (non-hydrogen) atoms. The van der Waals surface area contributed by atoms with Gasteiger partial charge in [0.2, 0.25) is 0 Å². The van der Waals surface area contributed by atoms with Crippen LogP contribution in [0, 0.1) is 5.82 Å². The van der Waals surface area contributed by atoms with Gasteiger partial charge in [0.15, 0.2) is 0 Å². The van der Waals surface area contributed by atoms with Gasteiger partial charge in [0.05, 0.1) is 12.3 Å². The maximum Gasteiger partial charge on any atom is 0.124 e. The van der Waals surface area contributed by atoms with Gasteiger partial charge in [-0.1, -0.05) is 22.0 Å². The zero-order chi connectivity index (χ0) is 12.3. The highest BCUT2D eigenvalue weighted by molar-refractivity contribution is 9.10. The Kier molecular flexibility index (Phi) is 3.81. The lowest BCUT2D eigenvalue weighted by molar-refractivity contribution is 0.177. The first-order valence-corrected chi connectivity index (χ1v) is 5.84. The third-order valence-electron chi connectivity index (χ3n) is 2.42. The average Bonchev–Trinajstić information content (AvgIpc) is 2.34. The highest BCUT2D eigenvalue weighted by Crippen LogP contribution is 2.24. The monoisotopic (exact) mass is 296 g/mol. The van der Waals surface area contributed by atoms with Gasteiger partial charge in [0.1, 0.15) is 5.82 Å². The number of hydrogen-bond donors (Lipinski definition) is 1. The van der Waals surface area contributed by atoms with Crippen LogP contribution in [0.4, 0.5) is 4.39 Å². The van der Waals surface area contributed by atoms with Gasteiger partial charge in [0.25, 0.3) is 0 Å². The quantitative estimate of drug-likeness (QED) is 0.947. The first-order chi connectivity index (χ1) is 8.16. The number of hydrogen-bond acceptors (Lipinski definition) is 3. The lowest BCUT2D eigenvalue weighted by Crippen LogP contribution is -2.03. The summed E-state index contributed by atoms with van der Waals surface area (Å²) >= 11 is 3.27. The Bertz CT molecular complexity index is 507. The molecule has 1 atom stereocenters. The predicted octanol–water partition coefficient (Wildman–Crippen LogP) is 2.65. The van der Waals surface area contributed by atoms with Gasteiger partial charge in [-0.2, -0.15) is 10.2 Å². The molecule has 1 unspecified atom stereocenters. The van der Waals surface area contributed by atoms with Gasteiger partial charge >= 0.3 is 0 Å². The smallest absolute Gasteiger partial charge is 0.124 e. The molecule has 0 fully saturated rings. The first-order valence-electron chi connectivity index (χ1n) is 5.05. The number of aromatic nitrogens is 2. The van der Waals surface area contributed by atoms with Crippen molar-refractivity contribution >= 4 is 15.9 Å². The highest BCUT2D eigenvalue weighted by atomic mass is 79.9. The largest absolute Gasteiger partial charge is 0.388 e. The van der Waals surface area contributed by atoms with E-state index >= 15 is 0 Å². The predicted molar refractivity (Wildman–Crippen MR) is 64.8 cm³/mol. The summed E-state index contributed by atoms with van der Waals surface area (Å²) < 4.78 is 13.5. The molecule has 0 aliphatic rings. The molecular weight excluding hydrogens is 287 g/mol. The second-order valence-electron chi connectivity index (χ2n) is 3.63. The fourth-order valence-electron chi connectivity index (χ4n) is 1.51. The molecule has 1 heterocycles. The summed E-state index contributed by atoms with van der Waals surface area (Å²) in [7, 11) is 0. The molecule has 2 aromatic rings. The third kappa shape index (κ3) is 3.08. The SMILES string of the molecule is OC(Cc1ccc(F)cc1Br)c1ccnnc1. The summed E-state index contributed by atoms with van der Waals surface area (Å²) in [6.07, 6.45) is 2.76. The van der Waals surface area contributed by atoms with Crippen molar-refractivity contribution < 1.29 is 9.50 Å². The number of nitrogens with zero attached hydrogens (tertiary/aromatic N) is 2. The topological polar surface area (TPSA) is 46.0 Å². The van der Waals surface area contributed by atoms with E-state index in [1.807, 2.05) is 0 Å². The molecule has 3 nitrogen and oxygen atoms in total. The van der Waals surface area contributed by atoms with Crippen LogP contribution in [0.15, 0.2) is 41.1 Å². The standard InChI is InChI=1S/C12H10BrFN2O/c13-11-6-10(14)2-1-8(11)5-12(17)9-3-4-15-16-7-9/h1-4,6-7,12,17H,5H2. The van der Waals surface area contributed by atoms with E-state index in [0.717, 1.165) is 5.56 Å². The van der Waals surface area contributed by atoms with Crippen LogP contribution in [0.5, 0.6) is 0 Å². The molecule has 0 aliphatic carbocycles. The molecule has 0 radical (unpaired) electrons. The van der Waals surface area contributed by atoms with Crippen molar-refractivity contribution in [2.45, 2.75) is 12.5 Å². The Labute approximate surface area is 106 Å². The second-order valence-corrected chi connectivity index (χ2v) is 4.49. The molecule has 2 rings (SSSR count). The molecular formula is C12H10BrFN2O. The lowest BCUT2D eigenvalue weighted by Gasteiger charge is -2.11. The van der Waals surface area contributed by atoms with E-state index in [-0.39, 0.29) is 5.82 Å². The van der Waals surface area contributed by atoms with Crippen molar-refractivity contribution in [3.05, 3.63) is 58.1 Å². The molecule has 0 bridgehead atoms. The average molecular weight is 297 g/mol. The maximum absolute atomic E-state index is 12.9. The van der Waals surface area contributed by atoms with Gasteiger partial charge < -0.3 is 5.11 Å². The van der Waals surface area contributed by atoms with Gasteiger partial charge in [0, 0.05) is 22.7 Å². The van der Waals surface area contributed by atoms with Gasteiger partial charge in [-0.25, -0.2) is 4.39 Å². The van der Waals surface area contributed by atoms with Gasteiger partial charge in [-0.3, -0.25) is 0 Å². The fraction of sp³-hybridized carbons (Fsp3) is 0.167. The number of benzene rings is 1. The summed E-state index contributed by atoms with van der Waals surface area (Å²) in [4.78, 5) is 0. The molecule has 1 aromatic carbocycles. The van der Waals surface area contributed by atoms with Crippen LogP contribution in [-0.2, 0) is 6.42 Å². The zero-order valence-corrected chi connectivity index (χ0v) is 10.4. The van der Waals surface area contributed by atoms with Crippen LogP contribution in [0.1, 0.15) is 17.2 Å². The Morgan fingerprint density at radius 2 is 2.12 bits per heavy atom. The molecule has 0 saturated carbocycles. The Hall–Kier alpha value is -1.33. The minimum atomic E-state index is -0.674. The van der Waals surface area contributed by atoms with Crippen LogP contribution in [0.25, 0.3) is 0 Å². The van der Waals surface area contributed by atoms with Crippen LogP contribution in [-0.4, -0.2) is 15.3 Å². The minimum absolute atomic E-state index is 0.305. The molecule has 1 aromatic heterocycles. The van der Waals surface area contributed by atoms with E-state index in [1.165, 1.54) is 24.5 Å². The van der Waals surface area contributed by atoms with Crippen molar-refractivity contribution in [1.29, 1.82) is 0 Å². The van der Waals surface area contributed by atoms with E-state index in [4.69, 9.17) is 0 Å². The summed E-state index contributed by atoms with van der Waals surface area (Å²) in [5.41, 5.74) is 1.53. The molecule has 1 N–H and O–H groups in total. The van der Waals surface area contributed by atoms with E-state index in [9.17, 15) is 9.50 Å². The molecule has 0 aliphatic heterocycles. The second kappa shape index (κ2) is 5.33. The third-order valence-corrected chi connectivity index (χ3v) is 3.16. The Morgan fingerprint density at radius 1 is 1.29 bits per heavy atom. The summed E-state index contributed by atoms with van der Waals surface area (Å²) in [5.74, 6) is -0.305. The van der Waals surface area contributed by atoms with E-state index < -0.39 is 6.10 Å². The number of aliphatic hydroxyl groups excluding tert-OH is 1. The minimum Gasteiger partial charge on any atom is -0.388 e. The van der Waals surface area contributed by atoms with Crippen molar-refractivity contribution in [3.8, 4) is 0 Å². The zero-order valence-electron chi connectivity index (χ0n) is 8.85. The van der Waals surface area contributed by atoms with Gasteiger partial charge in [-0.15, -0.1) is 0 Å². The van der Waals surface area contributed by atoms with Crippen LogP contribution >= 0.6 is 15.9 Å². The van der Waals surface area contributed by atoms with Crippen molar-refractivity contribution in [1.82, 2.24) is 10.2 Å². The Balaban J connectivity index is 2.16. The van der Waals surface area contributed by atoms with Gasteiger partial charge in [-0.05, 0) is 23.8 Å². The molecule has 88 valence electrons. The molecule has 0 spiro atoms. The normalized spacial score (nSPS) is 12.4. The highest BCUT2D eigenvalue weighted by Gasteiger charge is 2.11. The lowest BCUT2D eigenvalue weighted by atomic mass is 10.0. The van der Waals surface area contributed by atoms with Crippen LogP contribution < -0.4 is 0 Å². The fourth-order valence-corrected chi connectivity index (χ4v) is 2.02. The number of rotatable bonds is 3. The van der Waals surface area contributed by atoms with Crippen molar-refractivity contribution in [3.63, 3.8) is 0 Å². The maximum atomic E-state index is 12.9. The molecule has 0 amide bonds. The van der Waals surface area contributed by atoms with Crippen molar-refractivity contribution in [2.75, 3.05) is 0 Å². The first kappa shape index (κ1) is 12.1. The van der Waals surface area contributed by atoms with E-state index in [2.05, 4.69) is 26.1 Å². The van der Waals surface area contributed by atoms with Crippen molar-refractivity contribution in [2.24, 2.45) is 0 Å². The summed E-state index contributed by atoms with van der Waals surface area (Å²) in [6.45, 7) is 0. The van der Waals surface area contributed by atoms with E-state index in [1.54, 1.807) is 12.1 Å². The summed E-state index contributed by atoms with van der Waals surface area (Å²) in [6, 6.07) is 6.11. The van der Waals surface area contributed by atoms with Crippen LogP contribution in [0.2, 0.25) is 0 Å². The number of aliphatic hydroxyl groups is 1. The van der Waals surface area contributed by atoms with Crippen LogP contribution in [0.3, 0.4) is 0 Å².